The van der Waals surface area contributed by atoms with Crippen LogP contribution >= 0.6 is 15.2 Å². The normalized spacial score (nSPS) is 12.6. The Balaban J connectivity index is 2.32. The van der Waals surface area contributed by atoms with E-state index in [2.05, 4.69) is 24.1 Å². The van der Waals surface area contributed by atoms with Gasteiger partial charge in [0, 0.05) is 6.20 Å². The molecule has 0 fully saturated rings. The molecule has 0 radical (unpaired) electrons. The van der Waals surface area contributed by atoms with Gasteiger partial charge in [0.1, 0.15) is 5.82 Å². The average molecular weight is 386 g/mol. The Morgan fingerprint density at radius 1 is 0.920 bits per heavy atom. The van der Waals surface area contributed by atoms with Crippen molar-refractivity contribution < 1.29 is 28.7 Å². The predicted octanol–water partition coefficient (Wildman–Crippen LogP) is 2.92. The molecule has 1 heterocycles. The maximum atomic E-state index is 11.4. The van der Waals surface area contributed by atoms with Gasteiger partial charge < -0.3 is 24.9 Å². The zero-order chi connectivity index (χ0) is 18.8. The number of anilines is 1. The summed E-state index contributed by atoms with van der Waals surface area (Å²) < 4.78 is 22.7. The summed E-state index contributed by atoms with van der Waals surface area (Å²) in [5.74, 6) is 0.345. The van der Waals surface area contributed by atoms with Crippen molar-refractivity contribution in [3.05, 3.63) is 48.2 Å². The topological polar surface area (TPSA) is 140 Å². The molecule has 0 aliphatic rings. The maximum absolute atomic E-state index is 11.4. The van der Waals surface area contributed by atoms with E-state index in [1.165, 1.54) is 17.8 Å². The third-order valence-corrected chi connectivity index (χ3v) is 6.92. The second-order valence-corrected chi connectivity index (χ2v) is 9.70. The number of aromatic nitrogens is 1. The van der Waals surface area contributed by atoms with Gasteiger partial charge in [-0.3, -0.25) is 9.13 Å². The summed E-state index contributed by atoms with van der Waals surface area (Å²) in [7, 11) is -10.2. The first-order chi connectivity index (χ1) is 11.5. The van der Waals surface area contributed by atoms with Crippen LogP contribution < -0.4 is 5.32 Å². The van der Waals surface area contributed by atoms with Crippen LogP contribution in [0.4, 0.5) is 5.82 Å². The van der Waals surface area contributed by atoms with Crippen LogP contribution in [0.5, 0.6) is 0 Å². The fourth-order valence-electron chi connectivity index (χ4n) is 2.25. The summed E-state index contributed by atoms with van der Waals surface area (Å²) in [6.07, 6.45) is 1.39. The molecule has 8 nitrogen and oxygen atoms in total. The summed E-state index contributed by atoms with van der Waals surface area (Å²) in [6, 6.07) is 10.9. The van der Waals surface area contributed by atoms with Crippen LogP contribution in [0.25, 0.3) is 11.1 Å². The number of nitrogens with one attached hydrogen (secondary N) is 1. The molecule has 1 aromatic heterocycles. The minimum atomic E-state index is -5.08. The molecule has 5 N–H and O–H groups in total. The van der Waals surface area contributed by atoms with E-state index in [0.29, 0.717) is 11.5 Å². The minimum absolute atomic E-state index is 0.0397. The molecule has 0 unspecified atom stereocenters. The van der Waals surface area contributed by atoms with Crippen LogP contribution in [0.2, 0.25) is 0 Å². The lowest BCUT2D eigenvalue weighted by Crippen LogP contribution is -2.20. The molecule has 0 aliphatic carbocycles. The first-order valence-electron chi connectivity index (χ1n) is 7.42. The van der Waals surface area contributed by atoms with Crippen molar-refractivity contribution in [3.8, 4) is 11.1 Å². The van der Waals surface area contributed by atoms with Crippen molar-refractivity contribution in [1.82, 2.24) is 4.98 Å². The number of nitrogens with zero attached hydrogens (tertiary/aromatic N) is 1. The molecule has 0 atom stereocenters. The molecule has 136 valence electrons. The third-order valence-electron chi connectivity index (χ3n) is 3.58. The van der Waals surface area contributed by atoms with Crippen molar-refractivity contribution in [2.45, 2.75) is 25.3 Å². The third kappa shape index (κ3) is 5.22. The van der Waals surface area contributed by atoms with E-state index in [0.717, 1.165) is 5.56 Å². The average Bonchev–Trinajstić information content (AvgIpc) is 2.51. The summed E-state index contributed by atoms with van der Waals surface area (Å²) in [5.41, 5.74) is 0.368. The zero-order valence-electron chi connectivity index (χ0n) is 13.6. The number of hydrogen-bond acceptors (Lipinski definition) is 4. The van der Waals surface area contributed by atoms with Gasteiger partial charge in [-0.25, -0.2) is 4.98 Å². The van der Waals surface area contributed by atoms with Crippen LogP contribution in [-0.4, -0.2) is 30.1 Å². The van der Waals surface area contributed by atoms with E-state index in [9.17, 15) is 28.7 Å². The molecule has 0 bridgehead atoms. The molecule has 0 saturated carbocycles. The van der Waals surface area contributed by atoms with Gasteiger partial charge in [0.2, 0.25) is 5.52 Å². The first-order valence-corrected chi connectivity index (χ1v) is 10.8. The second kappa shape index (κ2) is 7.38. The maximum Gasteiger partial charge on any atom is 0.360 e. The standard InChI is InChI=1S/C15H20N2O6P2/c1-10(2)11-3-5-12(6-4-11)13-7-8-16-14(9-13)17-15(24(18,19)20)25(21,22)23/h3-10,15H,1-2H3,(H,16,17)(H2,18,19,20)(H2,21,22,23). The summed E-state index contributed by atoms with van der Waals surface area (Å²) in [6.45, 7) is 4.15. The Bertz CT molecular complexity index is 806. The molecule has 0 spiro atoms. The number of hydrogen-bond donors (Lipinski definition) is 5. The molecule has 0 saturated heterocycles. The highest BCUT2D eigenvalue weighted by Gasteiger charge is 2.43. The van der Waals surface area contributed by atoms with E-state index in [4.69, 9.17) is 0 Å². The Morgan fingerprint density at radius 2 is 1.48 bits per heavy atom. The Kier molecular flexibility index (Phi) is 5.84. The molecule has 0 aliphatic heterocycles. The smallest absolute Gasteiger partial charge is 0.346 e. The fraction of sp³-hybridized carbons (Fsp3) is 0.267. The van der Waals surface area contributed by atoms with Crippen LogP contribution in [0.15, 0.2) is 42.6 Å². The van der Waals surface area contributed by atoms with Crippen molar-refractivity contribution in [3.63, 3.8) is 0 Å². The highest BCUT2D eigenvalue weighted by molar-refractivity contribution is 7.71. The molecule has 2 rings (SSSR count). The van der Waals surface area contributed by atoms with Crippen molar-refractivity contribution >= 4 is 21.0 Å². The largest absolute Gasteiger partial charge is 0.360 e. The Labute approximate surface area is 145 Å². The second-order valence-electron chi connectivity index (χ2n) is 5.90. The van der Waals surface area contributed by atoms with E-state index >= 15 is 0 Å². The van der Waals surface area contributed by atoms with Gasteiger partial charge in [0.05, 0.1) is 0 Å². The number of pyridine rings is 1. The summed E-state index contributed by atoms with van der Waals surface area (Å²) in [5, 5.41) is 2.16. The van der Waals surface area contributed by atoms with Gasteiger partial charge in [0.15, 0.2) is 0 Å². The van der Waals surface area contributed by atoms with Gasteiger partial charge in [-0.15, -0.1) is 0 Å². The van der Waals surface area contributed by atoms with E-state index in [-0.39, 0.29) is 5.82 Å². The molecule has 0 amide bonds. The molecule has 10 heteroatoms. The monoisotopic (exact) mass is 386 g/mol. The Morgan fingerprint density at radius 3 is 1.96 bits per heavy atom. The molecule has 1 aromatic carbocycles. The van der Waals surface area contributed by atoms with Crippen LogP contribution in [0.1, 0.15) is 25.3 Å². The predicted molar refractivity (Wildman–Crippen MR) is 95.3 cm³/mol. The molecular formula is C15H20N2O6P2. The lowest BCUT2D eigenvalue weighted by atomic mass is 9.99. The van der Waals surface area contributed by atoms with E-state index < -0.39 is 20.7 Å². The fourth-order valence-corrected chi connectivity index (χ4v) is 4.41. The van der Waals surface area contributed by atoms with Crippen molar-refractivity contribution in [2.75, 3.05) is 5.32 Å². The van der Waals surface area contributed by atoms with Crippen LogP contribution in [0, 0.1) is 0 Å². The van der Waals surface area contributed by atoms with Gasteiger partial charge >= 0.3 is 15.2 Å². The quantitative estimate of drug-likeness (QED) is 0.478. The lowest BCUT2D eigenvalue weighted by Gasteiger charge is -2.21. The van der Waals surface area contributed by atoms with Crippen LogP contribution in [-0.2, 0) is 9.13 Å². The number of rotatable bonds is 6. The SMILES string of the molecule is CC(C)c1ccc(-c2ccnc(NC(P(=O)(O)O)P(=O)(O)O)c2)cc1. The Hall–Kier alpha value is -1.53. The van der Waals surface area contributed by atoms with Crippen molar-refractivity contribution in [2.24, 2.45) is 0 Å². The number of benzene rings is 1. The lowest BCUT2D eigenvalue weighted by molar-refractivity contribution is 0.343. The molecule has 25 heavy (non-hydrogen) atoms. The summed E-state index contributed by atoms with van der Waals surface area (Å²) >= 11 is 0. The van der Waals surface area contributed by atoms with Crippen LogP contribution in [0.3, 0.4) is 0 Å². The highest BCUT2D eigenvalue weighted by atomic mass is 31.2. The van der Waals surface area contributed by atoms with Gasteiger partial charge in [-0.2, -0.15) is 0 Å². The highest BCUT2D eigenvalue weighted by Crippen LogP contribution is 2.59. The van der Waals surface area contributed by atoms with Gasteiger partial charge in [0.25, 0.3) is 0 Å². The zero-order valence-corrected chi connectivity index (χ0v) is 15.4. The van der Waals surface area contributed by atoms with Gasteiger partial charge in [-0.05, 0) is 34.7 Å². The molecular weight excluding hydrogens is 366 g/mol. The van der Waals surface area contributed by atoms with Crippen molar-refractivity contribution in [1.29, 1.82) is 0 Å². The summed E-state index contributed by atoms with van der Waals surface area (Å²) in [4.78, 5) is 40.6. The first kappa shape index (κ1) is 19.8. The van der Waals surface area contributed by atoms with E-state index in [1.54, 1.807) is 6.07 Å². The van der Waals surface area contributed by atoms with Gasteiger partial charge in [-0.1, -0.05) is 38.1 Å². The molecule has 2 aromatic rings. The minimum Gasteiger partial charge on any atom is -0.346 e. The van der Waals surface area contributed by atoms with E-state index in [1.807, 2.05) is 24.3 Å².